The first-order valence-corrected chi connectivity index (χ1v) is 9.49. The average Bonchev–Trinajstić information content (AvgIpc) is 3.06. The summed E-state index contributed by atoms with van der Waals surface area (Å²) in [5, 5.41) is 3.16. The number of nitrogens with zero attached hydrogens (tertiary/aromatic N) is 3. The Hall–Kier alpha value is -3.00. The molecule has 2 heterocycles. The first kappa shape index (κ1) is 18.4. The lowest BCUT2D eigenvalue weighted by Crippen LogP contribution is -2.23. The maximum atomic E-state index is 13.6. The molecule has 28 heavy (non-hydrogen) atoms. The maximum absolute atomic E-state index is 13.6. The highest BCUT2D eigenvalue weighted by molar-refractivity contribution is 8.00. The number of imidazole rings is 1. The van der Waals surface area contributed by atoms with Crippen molar-refractivity contribution in [1.29, 1.82) is 0 Å². The van der Waals surface area contributed by atoms with E-state index in [9.17, 15) is 13.6 Å². The highest BCUT2D eigenvalue weighted by atomic mass is 32.2. The van der Waals surface area contributed by atoms with Crippen molar-refractivity contribution in [3.05, 3.63) is 60.8 Å². The number of carbonyl (C=O) groups excluding carboxylic acids is 1. The highest BCUT2D eigenvalue weighted by Crippen LogP contribution is 2.32. The van der Waals surface area contributed by atoms with Gasteiger partial charge in [0.1, 0.15) is 0 Å². The molecule has 0 saturated carbocycles. The Bertz CT molecular complexity index is 1160. The molecule has 0 saturated heterocycles. The van der Waals surface area contributed by atoms with Crippen molar-refractivity contribution < 1.29 is 13.6 Å². The Morgan fingerprint density at radius 3 is 2.68 bits per heavy atom. The van der Waals surface area contributed by atoms with E-state index >= 15 is 0 Å². The summed E-state index contributed by atoms with van der Waals surface area (Å²) < 4.78 is 28.0. The Labute approximate surface area is 163 Å². The van der Waals surface area contributed by atoms with Gasteiger partial charge in [0.2, 0.25) is 5.91 Å². The van der Waals surface area contributed by atoms with Gasteiger partial charge in [-0.3, -0.25) is 14.3 Å². The van der Waals surface area contributed by atoms with Gasteiger partial charge >= 0.3 is 6.55 Å². The number of hydrogen-bond acceptors (Lipinski definition) is 4. The zero-order chi connectivity index (χ0) is 19.7. The van der Waals surface area contributed by atoms with Gasteiger partial charge in [-0.2, -0.15) is 8.78 Å². The Morgan fingerprint density at radius 1 is 1.07 bits per heavy atom. The second kappa shape index (κ2) is 7.55. The summed E-state index contributed by atoms with van der Waals surface area (Å²) in [6.45, 7) is -1.08. The second-order valence-corrected chi connectivity index (χ2v) is 7.46. The first-order valence-electron chi connectivity index (χ1n) is 8.61. The number of benzene rings is 2. The minimum absolute atomic E-state index is 0.110. The van der Waals surface area contributed by atoms with Crippen LogP contribution >= 0.6 is 11.8 Å². The molecule has 1 N–H and O–H groups in total. The molecule has 1 amide bonds. The van der Waals surface area contributed by atoms with Crippen molar-refractivity contribution in [2.75, 3.05) is 5.32 Å². The van der Waals surface area contributed by atoms with E-state index in [2.05, 4.69) is 15.3 Å². The molecule has 142 valence electrons. The summed E-state index contributed by atoms with van der Waals surface area (Å²) in [6, 6.07) is 15.8. The van der Waals surface area contributed by atoms with Gasteiger partial charge in [0.25, 0.3) is 0 Å². The standard InChI is InChI=1S/C20H16F2N4OS/c1-12(18(27)24-15-9-4-8-14-13(15)6-5-11-23-14)28-20-25-16-7-2-3-10-17(16)26(20)19(21)22/h2-12,19H,1H3,(H,24,27)/t12-/m1/s1. The first-order chi connectivity index (χ1) is 13.5. The molecule has 0 radical (unpaired) electrons. The molecule has 2 aromatic heterocycles. The van der Waals surface area contributed by atoms with Crippen LogP contribution in [-0.4, -0.2) is 25.7 Å². The molecule has 0 unspecified atom stereocenters. The second-order valence-electron chi connectivity index (χ2n) is 6.16. The third-order valence-corrected chi connectivity index (χ3v) is 5.38. The van der Waals surface area contributed by atoms with Crippen LogP contribution in [0.25, 0.3) is 21.9 Å². The normalized spacial score (nSPS) is 12.6. The number of aromatic nitrogens is 3. The number of amides is 1. The minimum Gasteiger partial charge on any atom is -0.324 e. The molecule has 0 bridgehead atoms. The van der Waals surface area contributed by atoms with Crippen LogP contribution in [0.5, 0.6) is 0 Å². The van der Waals surface area contributed by atoms with Gasteiger partial charge in [-0.05, 0) is 43.3 Å². The van der Waals surface area contributed by atoms with Crippen LogP contribution in [-0.2, 0) is 4.79 Å². The molecular weight excluding hydrogens is 382 g/mol. The van der Waals surface area contributed by atoms with Crippen molar-refractivity contribution >= 4 is 45.3 Å². The molecule has 8 heteroatoms. The fourth-order valence-corrected chi connectivity index (χ4v) is 3.88. The van der Waals surface area contributed by atoms with Crippen molar-refractivity contribution in [3.8, 4) is 0 Å². The van der Waals surface area contributed by atoms with Crippen molar-refractivity contribution in [3.63, 3.8) is 0 Å². The van der Waals surface area contributed by atoms with E-state index in [-0.39, 0.29) is 11.1 Å². The lowest BCUT2D eigenvalue weighted by Gasteiger charge is -2.14. The van der Waals surface area contributed by atoms with Crippen LogP contribution in [0.3, 0.4) is 0 Å². The minimum atomic E-state index is -2.74. The van der Waals surface area contributed by atoms with Gasteiger partial charge in [0, 0.05) is 11.6 Å². The topological polar surface area (TPSA) is 59.8 Å². The van der Waals surface area contributed by atoms with Gasteiger partial charge in [-0.15, -0.1) is 0 Å². The number of pyridine rings is 1. The summed E-state index contributed by atoms with van der Waals surface area (Å²) in [5.41, 5.74) is 2.20. The molecular formula is C20H16F2N4OS. The van der Waals surface area contributed by atoms with Crippen LogP contribution in [0.15, 0.2) is 66.0 Å². The maximum Gasteiger partial charge on any atom is 0.321 e. The van der Waals surface area contributed by atoms with Gasteiger partial charge < -0.3 is 5.32 Å². The number of fused-ring (bicyclic) bond motifs is 2. The fourth-order valence-electron chi connectivity index (χ4n) is 2.95. The van der Waals surface area contributed by atoms with Crippen LogP contribution in [0.2, 0.25) is 0 Å². The Morgan fingerprint density at radius 2 is 1.86 bits per heavy atom. The van der Waals surface area contributed by atoms with E-state index in [4.69, 9.17) is 0 Å². The average molecular weight is 398 g/mol. The molecule has 4 rings (SSSR count). The molecule has 0 fully saturated rings. The zero-order valence-electron chi connectivity index (χ0n) is 14.8. The Kier molecular flexibility index (Phi) is 4.95. The van der Waals surface area contributed by atoms with E-state index in [1.54, 1.807) is 55.6 Å². The lowest BCUT2D eigenvalue weighted by atomic mass is 10.2. The van der Waals surface area contributed by atoms with Gasteiger partial charge in [0.05, 0.1) is 27.5 Å². The summed E-state index contributed by atoms with van der Waals surface area (Å²) >= 11 is 1.00. The summed E-state index contributed by atoms with van der Waals surface area (Å²) in [5.74, 6) is -0.297. The van der Waals surface area contributed by atoms with Gasteiger partial charge in [-0.25, -0.2) is 4.98 Å². The zero-order valence-corrected chi connectivity index (χ0v) is 15.7. The molecule has 1 atom stereocenters. The van der Waals surface area contributed by atoms with E-state index in [0.717, 1.165) is 27.2 Å². The number of alkyl halides is 2. The van der Waals surface area contributed by atoms with Crippen molar-refractivity contribution in [2.45, 2.75) is 23.9 Å². The summed E-state index contributed by atoms with van der Waals surface area (Å²) in [4.78, 5) is 21.2. The number of para-hydroxylation sites is 2. The summed E-state index contributed by atoms with van der Waals surface area (Å²) in [7, 11) is 0. The number of nitrogens with one attached hydrogen (secondary N) is 1. The molecule has 0 aliphatic carbocycles. The summed E-state index contributed by atoms with van der Waals surface area (Å²) in [6.07, 6.45) is 1.68. The lowest BCUT2D eigenvalue weighted by molar-refractivity contribution is -0.115. The van der Waals surface area contributed by atoms with Crippen LogP contribution in [0.1, 0.15) is 13.5 Å². The molecule has 0 spiro atoms. The van der Waals surface area contributed by atoms with Crippen molar-refractivity contribution in [2.24, 2.45) is 0 Å². The number of carbonyl (C=O) groups is 1. The van der Waals surface area contributed by atoms with Crippen molar-refractivity contribution in [1.82, 2.24) is 14.5 Å². The predicted molar refractivity (Wildman–Crippen MR) is 107 cm³/mol. The number of thioether (sulfide) groups is 1. The largest absolute Gasteiger partial charge is 0.324 e. The monoisotopic (exact) mass is 398 g/mol. The van der Waals surface area contributed by atoms with Gasteiger partial charge in [-0.1, -0.05) is 30.0 Å². The molecule has 0 aliphatic heterocycles. The van der Waals surface area contributed by atoms with E-state index in [0.29, 0.717) is 16.7 Å². The molecule has 4 aromatic rings. The number of anilines is 1. The fraction of sp³-hybridized carbons (Fsp3) is 0.150. The third kappa shape index (κ3) is 3.43. The number of rotatable bonds is 5. The van der Waals surface area contributed by atoms with Gasteiger partial charge in [0.15, 0.2) is 5.16 Å². The Balaban J connectivity index is 1.58. The van der Waals surface area contributed by atoms with Crippen LogP contribution < -0.4 is 5.32 Å². The molecule has 5 nitrogen and oxygen atoms in total. The third-order valence-electron chi connectivity index (χ3n) is 4.31. The van der Waals surface area contributed by atoms with E-state index < -0.39 is 11.8 Å². The number of halogens is 2. The molecule has 2 aromatic carbocycles. The predicted octanol–water partition coefficient (Wildman–Crippen LogP) is 5.10. The smallest absolute Gasteiger partial charge is 0.321 e. The number of hydrogen-bond donors (Lipinski definition) is 1. The van der Waals surface area contributed by atoms with Crippen LogP contribution in [0.4, 0.5) is 14.5 Å². The van der Waals surface area contributed by atoms with Crippen LogP contribution in [0, 0.1) is 0 Å². The quantitative estimate of drug-likeness (QED) is 0.475. The molecule has 0 aliphatic rings. The SMILES string of the molecule is C[C@@H](Sc1nc2ccccc2n1C(F)F)C(=O)Nc1cccc2ncccc12. The van der Waals surface area contributed by atoms with E-state index in [1.807, 2.05) is 12.1 Å². The van der Waals surface area contributed by atoms with E-state index in [1.165, 1.54) is 0 Å². The highest BCUT2D eigenvalue weighted by Gasteiger charge is 2.23.